The molecule has 0 bridgehead atoms. The van der Waals surface area contributed by atoms with Crippen LogP contribution < -0.4 is 5.56 Å². The first-order valence-corrected chi connectivity index (χ1v) is 10.1. The van der Waals surface area contributed by atoms with Gasteiger partial charge in [-0.05, 0) is 48.1 Å². The molecule has 1 aliphatic heterocycles. The van der Waals surface area contributed by atoms with E-state index in [1.54, 1.807) is 23.1 Å². The van der Waals surface area contributed by atoms with Gasteiger partial charge in [0.1, 0.15) is 0 Å². The number of carbonyl (C=O) groups is 1. The van der Waals surface area contributed by atoms with Crippen molar-refractivity contribution < 1.29 is 9.53 Å². The van der Waals surface area contributed by atoms with Gasteiger partial charge in [-0.2, -0.15) is 0 Å². The molecule has 6 nitrogen and oxygen atoms in total. The topological polar surface area (TPSA) is 67.3 Å². The van der Waals surface area contributed by atoms with Crippen molar-refractivity contribution in [2.45, 2.75) is 6.54 Å². The molecule has 4 rings (SSSR count). The number of hydrogen-bond donors (Lipinski definition) is 1. The number of fused-ring (bicyclic) bond motifs is 1. The third-order valence-corrected chi connectivity index (χ3v) is 5.60. The van der Waals surface area contributed by atoms with Gasteiger partial charge in [0, 0.05) is 23.1 Å². The Balaban J connectivity index is 1.60. The lowest BCUT2D eigenvalue weighted by Crippen LogP contribution is -2.40. The standard InChI is InChI=1S/C20H18BrN3O3S/c21-15-5-6-17-16(11-15)19(26)24(20(28)22-17)12-13-1-3-14(4-2-13)18(25)23-7-9-27-10-8-23/h1-6,11H,7-10,12H2,(H,22,28). The molecule has 0 spiro atoms. The van der Waals surface area contributed by atoms with Crippen molar-refractivity contribution in [1.82, 2.24) is 14.5 Å². The molecule has 0 saturated carbocycles. The lowest BCUT2D eigenvalue weighted by Gasteiger charge is -2.26. The number of rotatable bonds is 3. The molecule has 0 atom stereocenters. The molecular weight excluding hydrogens is 442 g/mol. The van der Waals surface area contributed by atoms with Crippen molar-refractivity contribution in [1.29, 1.82) is 0 Å². The number of carbonyl (C=O) groups excluding carboxylic acids is 1. The van der Waals surface area contributed by atoms with Crippen LogP contribution in [0.1, 0.15) is 15.9 Å². The predicted octanol–water partition coefficient (Wildman–Crippen LogP) is 3.34. The molecule has 0 aliphatic carbocycles. The summed E-state index contributed by atoms with van der Waals surface area (Å²) in [6.07, 6.45) is 0. The highest BCUT2D eigenvalue weighted by Crippen LogP contribution is 2.16. The van der Waals surface area contributed by atoms with Gasteiger partial charge in [-0.3, -0.25) is 14.2 Å². The summed E-state index contributed by atoms with van der Waals surface area (Å²) >= 11 is 8.77. The monoisotopic (exact) mass is 459 g/mol. The summed E-state index contributed by atoms with van der Waals surface area (Å²) in [6.45, 7) is 2.70. The molecular formula is C20H18BrN3O3S. The first-order chi connectivity index (χ1) is 13.5. The fraction of sp³-hybridized carbons (Fsp3) is 0.250. The number of ether oxygens (including phenoxy) is 1. The molecule has 2 aromatic carbocycles. The van der Waals surface area contributed by atoms with Crippen molar-refractivity contribution in [2.24, 2.45) is 0 Å². The first kappa shape index (κ1) is 19.0. The number of amides is 1. The molecule has 1 amide bonds. The Kier molecular flexibility index (Phi) is 5.43. The lowest BCUT2D eigenvalue weighted by molar-refractivity contribution is 0.0303. The summed E-state index contributed by atoms with van der Waals surface area (Å²) < 4.78 is 8.02. The molecule has 1 saturated heterocycles. The second-order valence-corrected chi connectivity index (χ2v) is 7.92. The van der Waals surface area contributed by atoms with Crippen molar-refractivity contribution in [3.05, 3.63) is 73.2 Å². The molecule has 1 fully saturated rings. The molecule has 144 valence electrons. The second-order valence-electron chi connectivity index (χ2n) is 6.61. The fourth-order valence-electron chi connectivity index (χ4n) is 3.25. The maximum Gasteiger partial charge on any atom is 0.262 e. The Hall–Kier alpha value is -2.29. The van der Waals surface area contributed by atoms with Crippen LogP contribution in [0.15, 0.2) is 51.7 Å². The Labute approximate surface area is 174 Å². The summed E-state index contributed by atoms with van der Waals surface area (Å²) in [6, 6.07) is 12.8. The zero-order valence-electron chi connectivity index (χ0n) is 15.0. The van der Waals surface area contributed by atoms with Crippen LogP contribution in [-0.2, 0) is 11.3 Å². The smallest absolute Gasteiger partial charge is 0.262 e. The van der Waals surface area contributed by atoms with Crippen LogP contribution in [0.2, 0.25) is 0 Å². The molecule has 0 radical (unpaired) electrons. The maximum atomic E-state index is 12.9. The van der Waals surface area contributed by atoms with Gasteiger partial charge >= 0.3 is 0 Å². The summed E-state index contributed by atoms with van der Waals surface area (Å²) in [5, 5.41) is 0.571. The molecule has 1 aliphatic rings. The minimum absolute atomic E-state index is 0.000126. The fourth-order valence-corrected chi connectivity index (χ4v) is 3.87. The minimum Gasteiger partial charge on any atom is -0.378 e. The Bertz CT molecular complexity index is 1150. The van der Waals surface area contributed by atoms with Gasteiger partial charge in [-0.1, -0.05) is 28.1 Å². The first-order valence-electron chi connectivity index (χ1n) is 8.91. The molecule has 28 heavy (non-hydrogen) atoms. The molecule has 8 heteroatoms. The van der Waals surface area contributed by atoms with Gasteiger partial charge in [0.25, 0.3) is 11.5 Å². The zero-order valence-corrected chi connectivity index (χ0v) is 17.4. The highest BCUT2D eigenvalue weighted by molar-refractivity contribution is 9.10. The molecule has 0 unspecified atom stereocenters. The van der Waals surface area contributed by atoms with Crippen LogP contribution in [0.4, 0.5) is 0 Å². The van der Waals surface area contributed by atoms with Crippen LogP contribution in [0, 0.1) is 4.77 Å². The normalized spacial score (nSPS) is 14.4. The number of nitrogens with zero attached hydrogens (tertiary/aromatic N) is 2. The zero-order chi connectivity index (χ0) is 19.7. The number of halogens is 1. The number of benzene rings is 2. The van der Waals surface area contributed by atoms with Crippen LogP contribution in [-0.4, -0.2) is 46.7 Å². The van der Waals surface area contributed by atoms with Crippen molar-refractivity contribution in [2.75, 3.05) is 26.3 Å². The Morgan fingerprint density at radius 1 is 1.14 bits per heavy atom. The molecule has 2 heterocycles. The van der Waals surface area contributed by atoms with E-state index in [1.165, 1.54) is 4.57 Å². The summed E-state index contributed by atoms with van der Waals surface area (Å²) in [5.41, 5.74) is 2.09. The summed E-state index contributed by atoms with van der Waals surface area (Å²) in [7, 11) is 0. The van der Waals surface area contributed by atoms with Crippen LogP contribution in [0.5, 0.6) is 0 Å². The van der Waals surface area contributed by atoms with E-state index in [0.29, 0.717) is 54.1 Å². The maximum absolute atomic E-state index is 12.9. The van der Waals surface area contributed by atoms with Crippen molar-refractivity contribution in [3.8, 4) is 0 Å². The average Bonchev–Trinajstić information content (AvgIpc) is 2.72. The quantitative estimate of drug-likeness (QED) is 0.609. The number of nitrogens with one attached hydrogen (secondary N) is 1. The van der Waals surface area contributed by atoms with Crippen LogP contribution >= 0.6 is 28.1 Å². The van der Waals surface area contributed by atoms with Gasteiger partial charge in [-0.25, -0.2) is 0 Å². The Morgan fingerprint density at radius 2 is 1.86 bits per heavy atom. The third kappa shape index (κ3) is 3.80. The van der Waals surface area contributed by atoms with E-state index in [9.17, 15) is 9.59 Å². The van der Waals surface area contributed by atoms with Crippen molar-refractivity contribution >= 4 is 45.0 Å². The number of morpholine rings is 1. The number of hydrogen-bond acceptors (Lipinski definition) is 4. The molecule has 1 aromatic heterocycles. The van der Waals surface area contributed by atoms with Gasteiger partial charge in [0.05, 0.1) is 30.7 Å². The largest absolute Gasteiger partial charge is 0.378 e. The third-order valence-electron chi connectivity index (χ3n) is 4.78. The molecule has 1 N–H and O–H groups in total. The van der Waals surface area contributed by atoms with E-state index in [1.807, 2.05) is 24.3 Å². The van der Waals surface area contributed by atoms with Gasteiger partial charge in [0.2, 0.25) is 0 Å². The van der Waals surface area contributed by atoms with E-state index in [4.69, 9.17) is 17.0 Å². The van der Waals surface area contributed by atoms with E-state index >= 15 is 0 Å². The van der Waals surface area contributed by atoms with Gasteiger partial charge < -0.3 is 14.6 Å². The Morgan fingerprint density at radius 3 is 2.57 bits per heavy atom. The second kappa shape index (κ2) is 7.98. The van der Waals surface area contributed by atoms with Gasteiger partial charge in [0.15, 0.2) is 4.77 Å². The number of H-pyrrole nitrogens is 1. The highest BCUT2D eigenvalue weighted by Gasteiger charge is 2.18. The van der Waals surface area contributed by atoms with Crippen LogP contribution in [0.25, 0.3) is 10.9 Å². The van der Waals surface area contributed by atoms with Crippen molar-refractivity contribution in [3.63, 3.8) is 0 Å². The lowest BCUT2D eigenvalue weighted by atomic mass is 10.1. The summed E-state index contributed by atoms with van der Waals surface area (Å²) in [4.78, 5) is 30.3. The summed E-state index contributed by atoms with van der Waals surface area (Å²) in [5.74, 6) is -0.000126. The average molecular weight is 460 g/mol. The predicted molar refractivity (Wildman–Crippen MR) is 113 cm³/mol. The van der Waals surface area contributed by atoms with Crippen LogP contribution in [0.3, 0.4) is 0 Å². The van der Waals surface area contributed by atoms with Gasteiger partial charge in [-0.15, -0.1) is 0 Å². The van der Waals surface area contributed by atoms with E-state index < -0.39 is 0 Å². The highest BCUT2D eigenvalue weighted by atomic mass is 79.9. The van der Waals surface area contributed by atoms with E-state index in [2.05, 4.69) is 20.9 Å². The minimum atomic E-state index is -0.145. The van der Waals surface area contributed by atoms with E-state index in [-0.39, 0.29) is 11.5 Å². The number of aromatic amines is 1. The number of aromatic nitrogens is 2. The van der Waals surface area contributed by atoms with E-state index in [0.717, 1.165) is 10.0 Å². The molecule has 3 aromatic rings. The SMILES string of the molecule is O=C(c1ccc(Cn2c(=S)[nH]c3ccc(Br)cc3c2=O)cc1)N1CCOCC1.